The van der Waals surface area contributed by atoms with Gasteiger partial charge in [-0.05, 0) is 12.1 Å². The maximum atomic E-state index is 12.1. The monoisotopic (exact) mass is 339 g/mol. The number of nitrogens with one attached hydrogen (secondary N) is 2. The van der Waals surface area contributed by atoms with Crippen molar-refractivity contribution in [2.45, 2.75) is 0 Å². The van der Waals surface area contributed by atoms with Crippen molar-refractivity contribution in [2.24, 2.45) is 0 Å². The van der Waals surface area contributed by atoms with Crippen LogP contribution in [0.15, 0.2) is 33.5 Å². The van der Waals surface area contributed by atoms with E-state index >= 15 is 0 Å². The molecule has 0 saturated carbocycles. The Bertz CT molecular complexity index is 957. The highest BCUT2D eigenvalue weighted by atomic mass is 35.5. The van der Waals surface area contributed by atoms with Crippen LogP contribution < -0.4 is 11.1 Å². The number of amides is 1. The molecule has 0 fully saturated rings. The summed E-state index contributed by atoms with van der Waals surface area (Å²) < 4.78 is 4.86. The molecular weight excluding hydrogens is 334 g/mol. The van der Waals surface area contributed by atoms with Gasteiger partial charge in [-0.3, -0.25) is 19.9 Å². The van der Waals surface area contributed by atoms with Gasteiger partial charge in [-0.15, -0.1) is 11.3 Å². The first kappa shape index (κ1) is 14.3. The molecule has 0 saturated heterocycles. The standard InChI is InChI=1S/C12H6ClN3O5S/c13-10-7(16(19)20)4-8(22-10)11(17)14-5-2-1-3-6-9(5)21-12(18)15-6/h1-4H,(H,14,17)(H,15,18). The molecule has 112 valence electrons. The van der Waals surface area contributed by atoms with Crippen LogP contribution in [-0.2, 0) is 0 Å². The van der Waals surface area contributed by atoms with Gasteiger partial charge in [-0.1, -0.05) is 17.7 Å². The van der Waals surface area contributed by atoms with E-state index in [9.17, 15) is 19.7 Å². The van der Waals surface area contributed by atoms with Crippen molar-refractivity contribution < 1.29 is 14.1 Å². The molecule has 10 heteroatoms. The Balaban J connectivity index is 1.95. The van der Waals surface area contributed by atoms with E-state index in [0.29, 0.717) is 5.52 Å². The average molecular weight is 340 g/mol. The number of nitrogens with zero attached hydrogens (tertiary/aromatic N) is 1. The molecule has 2 heterocycles. The number of rotatable bonds is 3. The molecule has 22 heavy (non-hydrogen) atoms. The smallest absolute Gasteiger partial charge is 0.406 e. The number of para-hydroxylation sites is 1. The van der Waals surface area contributed by atoms with Gasteiger partial charge in [0.25, 0.3) is 11.6 Å². The number of aromatic nitrogens is 1. The third-order valence-corrected chi connectivity index (χ3v) is 4.12. The van der Waals surface area contributed by atoms with Crippen LogP contribution in [0.2, 0.25) is 4.34 Å². The number of carbonyl (C=O) groups excluding carboxylic acids is 1. The molecular formula is C12H6ClN3O5S. The van der Waals surface area contributed by atoms with Crippen molar-refractivity contribution in [3.05, 3.63) is 54.1 Å². The molecule has 3 rings (SSSR count). The molecule has 1 aromatic carbocycles. The third-order valence-electron chi connectivity index (χ3n) is 2.78. The first-order valence-electron chi connectivity index (χ1n) is 5.82. The normalized spacial score (nSPS) is 10.8. The van der Waals surface area contributed by atoms with Crippen LogP contribution in [0.1, 0.15) is 9.67 Å². The highest BCUT2D eigenvalue weighted by Gasteiger charge is 2.21. The van der Waals surface area contributed by atoms with Crippen LogP contribution in [0.3, 0.4) is 0 Å². The highest BCUT2D eigenvalue weighted by molar-refractivity contribution is 7.18. The van der Waals surface area contributed by atoms with Crippen molar-refractivity contribution in [3.63, 3.8) is 0 Å². The summed E-state index contributed by atoms with van der Waals surface area (Å²) in [4.78, 5) is 35.9. The zero-order chi connectivity index (χ0) is 15.9. The fraction of sp³-hybridized carbons (Fsp3) is 0. The number of anilines is 1. The Morgan fingerprint density at radius 1 is 1.45 bits per heavy atom. The van der Waals surface area contributed by atoms with Gasteiger partial charge in [0, 0.05) is 6.07 Å². The second-order valence-electron chi connectivity index (χ2n) is 4.18. The van der Waals surface area contributed by atoms with Crippen LogP contribution >= 0.6 is 22.9 Å². The van der Waals surface area contributed by atoms with Gasteiger partial charge >= 0.3 is 5.76 Å². The number of thiophene rings is 1. The molecule has 0 aliphatic heterocycles. The van der Waals surface area contributed by atoms with Gasteiger partial charge in [0.2, 0.25) is 0 Å². The van der Waals surface area contributed by atoms with E-state index in [2.05, 4.69) is 10.3 Å². The summed E-state index contributed by atoms with van der Waals surface area (Å²) in [5.41, 5.74) is 0.562. The molecule has 0 bridgehead atoms. The van der Waals surface area contributed by atoms with Crippen LogP contribution in [0.25, 0.3) is 11.1 Å². The van der Waals surface area contributed by atoms with Crippen LogP contribution in [-0.4, -0.2) is 15.8 Å². The Hall–Kier alpha value is -2.65. The number of fused-ring (bicyclic) bond motifs is 1. The van der Waals surface area contributed by atoms with E-state index in [1.54, 1.807) is 18.2 Å². The lowest BCUT2D eigenvalue weighted by Gasteiger charge is -2.02. The van der Waals surface area contributed by atoms with E-state index in [4.69, 9.17) is 16.0 Å². The number of hydrogen-bond acceptors (Lipinski definition) is 6. The number of aromatic amines is 1. The number of halogens is 1. The topological polar surface area (TPSA) is 118 Å². The molecule has 2 N–H and O–H groups in total. The molecule has 0 atom stereocenters. The lowest BCUT2D eigenvalue weighted by molar-refractivity contribution is -0.384. The quantitative estimate of drug-likeness (QED) is 0.561. The fourth-order valence-corrected chi connectivity index (χ4v) is 2.97. The predicted molar refractivity (Wildman–Crippen MR) is 80.8 cm³/mol. The lowest BCUT2D eigenvalue weighted by atomic mass is 10.2. The number of H-pyrrole nitrogens is 1. The molecule has 1 amide bonds. The van der Waals surface area contributed by atoms with Gasteiger partial charge < -0.3 is 9.73 Å². The van der Waals surface area contributed by atoms with E-state index in [1.807, 2.05) is 0 Å². The molecule has 0 unspecified atom stereocenters. The summed E-state index contributed by atoms with van der Waals surface area (Å²) in [6, 6.07) is 5.87. The maximum absolute atomic E-state index is 12.1. The van der Waals surface area contributed by atoms with Crippen molar-refractivity contribution in [1.29, 1.82) is 0 Å². The molecule has 0 aliphatic carbocycles. The second-order valence-corrected chi connectivity index (χ2v) is 5.83. The van der Waals surface area contributed by atoms with Crippen molar-refractivity contribution in [3.8, 4) is 0 Å². The summed E-state index contributed by atoms with van der Waals surface area (Å²) in [6.45, 7) is 0. The van der Waals surface area contributed by atoms with Crippen molar-refractivity contribution in [1.82, 2.24) is 4.98 Å². The zero-order valence-corrected chi connectivity index (χ0v) is 12.2. The lowest BCUT2D eigenvalue weighted by Crippen LogP contribution is -2.10. The SMILES string of the molecule is O=C(Nc1cccc2[nH]c(=O)oc12)c1cc([N+](=O)[O-])c(Cl)s1. The second kappa shape index (κ2) is 5.28. The van der Waals surface area contributed by atoms with Crippen LogP contribution in [0.4, 0.5) is 11.4 Å². The summed E-state index contributed by atoms with van der Waals surface area (Å²) in [5.74, 6) is -1.23. The number of nitro groups is 1. The number of hydrogen-bond donors (Lipinski definition) is 2. The summed E-state index contributed by atoms with van der Waals surface area (Å²) in [6.07, 6.45) is 0. The minimum Gasteiger partial charge on any atom is -0.406 e. The predicted octanol–water partition coefficient (Wildman–Crippen LogP) is 3.00. The number of benzene rings is 1. The molecule has 8 nitrogen and oxygen atoms in total. The van der Waals surface area contributed by atoms with Gasteiger partial charge in [0.15, 0.2) is 9.92 Å². The first-order valence-corrected chi connectivity index (χ1v) is 7.02. The Kier molecular flexibility index (Phi) is 3.43. The fourth-order valence-electron chi connectivity index (χ4n) is 1.85. The van der Waals surface area contributed by atoms with E-state index < -0.39 is 16.6 Å². The third kappa shape index (κ3) is 2.47. The van der Waals surface area contributed by atoms with Gasteiger partial charge in [0.05, 0.1) is 16.1 Å². The van der Waals surface area contributed by atoms with Crippen LogP contribution in [0, 0.1) is 10.1 Å². The summed E-state index contributed by atoms with van der Waals surface area (Å²) >= 11 is 6.51. The van der Waals surface area contributed by atoms with Gasteiger partial charge in [0.1, 0.15) is 4.88 Å². The minimum absolute atomic E-state index is 0.0755. The summed E-state index contributed by atoms with van der Waals surface area (Å²) in [5, 5.41) is 13.3. The minimum atomic E-state index is -0.665. The highest BCUT2D eigenvalue weighted by Crippen LogP contribution is 2.34. The van der Waals surface area contributed by atoms with Crippen LogP contribution in [0.5, 0.6) is 0 Å². The average Bonchev–Trinajstić information content (AvgIpc) is 3.01. The van der Waals surface area contributed by atoms with E-state index in [-0.39, 0.29) is 26.2 Å². The zero-order valence-electron chi connectivity index (χ0n) is 10.6. The van der Waals surface area contributed by atoms with Gasteiger partial charge in [-0.25, -0.2) is 4.79 Å². The van der Waals surface area contributed by atoms with E-state index in [1.165, 1.54) is 0 Å². The Morgan fingerprint density at radius 3 is 2.91 bits per heavy atom. The maximum Gasteiger partial charge on any atom is 0.417 e. The number of oxazole rings is 1. The Morgan fingerprint density at radius 2 is 2.23 bits per heavy atom. The molecule has 0 radical (unpaired) electrons. The van der Waals surface area contributed by atoms with Crippen molar-refractivity contribution in [2.75, 3.05) is 5.32 Å². The molecule has 0 spiro atoms. The molecule has 0 aliphatic rings. The number of carbonyl (C=O) groups is 1. The van der Waals surface area contributed by atoms with Gasteiger partial charge in [-0.2, -0.15) is 0 Å². The first-order chi connectivity index (χ1) is 10.5. The molecule has 2 aromatic heterocycles. The largest absolute Gasteiger partial charge is 0.417 e. The summed E-state index contributed by atoms with van der Waals surface area (Å²) in [7, 11) is 0. The molecule has 3 aromatic rings. The Labute approximate surface area is 130 Å². The van der Waals surface area contributed by atoms with Crippen molar-refractivity contribution >= 4 is 51.3 Å². The van der Waals surface area contributed by atoms with E-state index in [0.717, 1.165) is 17.4 Å².